The molecular weight excluding hydrogens is 296 g/mol. The first-order valence-electron chi connectivity index (χ1n) is 9.60. The third kappa shape index (κ3) is 4.28. The fourth-order valence-electron chi connectivity index (χ4n) is 4.65. The molecule has 130 valence electrons. The van der Waals surface area contributed by atoms with Crippen molar-refractivity contribution in [3.63, 3.8) is 0 Å². The molecular formula is C22H30O2. The average Bonchev–Trinajstić information content (AvgIpc) is 2.63. The van der Waals surface area contributed by atoms with E-state index in [4.69, 9.17) is 4.74 Å². The summed E-state index contributed by atoms with van der Waals surface area (Å²) in [4.78, 5) is 11.2. The van der Waals surface area contributed by atoms with E-state index >= 15 is 0 Å². The van der Waals surface area contributed by atoms with Crippen LogP contribution in [0.25, 0.3) is 0 Å². The van der Waals surface area contributed by atoms with Crippen molar-refractivity contribution in [3.05, 3.63) is 42.5 Å². The van der Waals surface area contributed by atoms with Crippen LogP contribution in [0.15, 0.2) is 36.9 Å². The van der Waals surface area contributed by atoms with Crippen LogP contribution in [0.1, 0.15) is 69.8 Å². The Morgan fingerprint density at radius 1 is 0.958 bits per heavy atom. The Kier molecular flexibility index (Phi) is 5.76. The second kappa shape index (κ2) is 8.00. The van der Waals surface area contributed by atoms with Crippen molar-refractivity contribution in [1.82, 2.24) is 0 Å². The Bertz CT molecular complexity index is 544. The number of esters is 1. The van der Waals surface area contributed by atoms with Crippen molar-refractivity contribution in [1.29, 1.82) is 0 Å². The average molecular weight is 326 g/mol. The molecule has 3 rings (SSSR count). The maximum atomic E-state index is 11.2. The van der Waals surface area contributed by atoms with Crippen LogP contribution in [0.3, 0.4) is 0 Å². The Morgan fingerprint density at radius 2 is 1.50 bits per heavy atom. The van der Waals surface area contributed by atoms with Gasteiger partial charge in [0.15, 0.2) is 0 Å². The smallest absolute Gasteiger partial charge is 0.335 e. The van der Waals surface area contributed by atoms with Gasteiger partial charge in [-0.1, -0.05) is 38.5 Å². The predicted molar refractivity (Wildman–Crippen MR) is 98.1 cm³/mol. The molecule has 1 aromatic rings. The van der Waals surface area contributed by atoms with Crippen molar-refractivity contribution in [2.24, 2.45) is 17.8 Å². The SMILES string of the molecule is C=CC(=O)Oc1ccc(C2CCC(C3CCC(C)CC3)CC2)cc1. The molecule has 0 atom stereocenters. The van der Waals surface area contributed by atoms with Crippen molar-refractivity contribution < 1.29 is 9.53 Å². The van der Waals surface area contributed by atoms with Gasteiger partial charge in [0.25, 0.3) is 0 Å². The summed E-state index contributed by atoms with van der Waals surface area (Å²) in [6, 6.07) is 8.06. The summed E-state index contributed by atoms with van der Waals surface area (Å²) in [6.45, 7) is 5.83. The Balaban J connectivity index is 1.51. The van der Waals surface area contributed by atoms with Crippen molar-refractivity contribution in [2.45, 2.75) is 64.2 Å². The number of ether oxygens (including phenoxy) is 1. The highest BCUT2D eigenvalue weighted by Gasteiger charge is 2.30. The van der Waals surface area contributed by atoms with E-state index in [-0.39, 0.29) is 0 Å². The lowest BCUT2D eigenvalue weighted by atomic mass is 9.68. The summed E-state index contributed by atoms with van der Waals surface area (Å²) in [6.07, 6.45) is 12.4. The van der Waals surface area contributed by atoms with Crippen LogP contribution in [-0.2, 0) is 4.79 Å². The number of hydrogen-bond donors (Lipinski definition) is 0. The zero-order valence-corrected chi connectivity index (χ0v) is 14.9. The molecule has 0 bridgehead atoms. The van der Waals surface area contributed by atoms with E-state index in [1.807, 2.05) is 12.1 Å². The number of benzene rings is 1. The van der Waals surface area contributed by atoms with Gasteiger partial charge in [-0.05, 0) is 79.9 Å². The first-order valence-corrected chi connectivity index (χ1v) is 9.60. The molecule has 2 fully saturated rings. The van der Waals surface area contributed by atoms with Gasteiger partial charge in [-0.2, -0.15) is 0 Å². The van der Waals surface area contributed by atoms with E-state index in [0.29, 0.717) is 11.7 Å². The van der Waals surface area contributed by atoms with Gasteiger partial charge < -0.3 is 4.74 Å². The summed E-state index contributed by atoms with van der Waals surface area (Å²) in [7, 11) is 0. The molecule has 0 spiro atoms. The van der Waals surface area contributed by atoms with E-state index in [2.05, 4.69) is 25.6 Å². The number of carbonyl (C=O) groups is 1. The summed E-state index contributed by atoms with van der Waals surface area (Å²) >= 11 is 0. The van der Waals surface area contributed by atoms with Gasteiger partial charge in [0.1, 0.15) is 5.75 Å². The van der Waals surface area contributed by atoms with Gasteiger partial charge in [0, 0.05) is 6.08 Å². The van der Waals surface area contributed by atoms with Crippen LogP contribution in [0.5, 0.6) is 5.75 Å². The minimum absolute atomic E-state index is 0.398. The predicted octanol–water partition coefficient (Wildman–Crippen LogP) is 5.88. The molecule has 2 aliphatic rings. The summed E-state index contributed by atoms with van der Waals surface area (Å²) < 4.78 is 5.15. The van der Waals surface area contributed by atoms with E-state index in [1.54, 1.807) is 0 Å². The molecule has 1 aromatic carbocycles. The first kappa shape index (κ1) is 17.3. The van der Waals surface area contributed by atoms with E-state index in [1.165, 1.54) is 63.0 Å². The molecule has 0 amide bonds. The minimum Gasteiger partial charge on any atom is -0.423 e. The molecule has 2 aliphatic carbocycles. The van der Waals surface area contributed by atoms with Gasteiger partial charge in [-0.25, -0.2) is 4.79 Å². The van der Waals surface area contributed by atoms with Crippen LogP contribution in [0.4, 0.5) is 0 Å². The molecule has 0 radical (unpaired) electrons. The molecule has 2 saturated carbocycles. The summed E-state index contributed by atoms with van der Waals surface area (Å²) in [5, 5.41) is 0. The van der Waals surface area contributed by atoms with Gasteiger partial charge in [0.2, 0.25) is 0 Å². The second-order valence-electron chi connectivity index (χ2n) is 7.83. The summed E-state index contributed by atoms with van der Waals surface area (Å²) in [5.41, 5.74) is 1.39. The van der Waals surface area contributed by atoms with E-state index in [0.717, 1.165) is 17.8 Å². The zero-order valence-electron chi connectivity index (χ0n) is 14.9. The summed E-state index contributed by atoms with van der Waals surface area (Å²) in [5.74, 6) is 3.78. The van der Waals surface area contributed by atoms with Crippen LogP contribution in [-0.4, -0.2) is 5.97 Å². The molecule has 0 saturated heterocycles. The second-order valence-corrected chi connectivity index (χ2v) is 7.83. The number of hydrogen-bond acceptors (Lipinski definition) is 2. The molecule has 0 aliphatic heterocycles. The van der Waals surface area contributed by atoms with Crippen LogP contribution < -0.4 is 4.74 Å². The van der Waals surface area contributed by atoms with Crippen LogP contribution in [0.2, 0.25) is 0 Å². The van der Waals surface area contributed by atoms with E-state index in [9.17, 15) is 4.79 Å². The van der Waals surface area contributed by atoms with Gasteiger partial charge in [0.05, 0.1) is 0 Å². The Hall–Kier alpha value is -1.57. The molecule has 0 aromatic heterocycles. The lowest BCUT2D eigenvalue weighted by Gasteiger charge is -2.37. The van der Waals surface area contributed by atoms with Crippen molar-refractivity contribution in [3.8, 4) is 5.75 Å². The number of carbonyl (C=O) groups excluding carboxylic acids is 1. The van der Waals surface area contributed by atoms with Gasteiger partial charge in [-0.15, -0.1) is 0 Å². The fraction of sp³-hybridized carbons (Fsp3) is 0.591. The molecule has 2 heteroatoms. The molecule has 24 heavy (non-hydrogen) atoms. The molecule has 2 nitrogen and oxygen atoms in total. The largest absolute Gasteiger partial charge is 0.423 e. The lowest BCUT2D eigenvalue weighted by Crippen LogP contribution is -2.24. The van der Waals surface area contributed by atoms with Crippen LogP contribution in [0, 0.1) is 17.8 Å². The topological polar surface area (TPSA) is 26.3 Å². The molecule has 0 unspecified atom stereocenters. The van der Waals surface area contributed by atoms with Gasteiger partial charge in [-0.3, -0.25) is 0 Å². The maximum Gasteiger partial charge on any atom is 0.335 e. The highest BCUT2D eigenvalue weighted by molar-refractivity contribution is 5.83. The quantitative estimate of drug-likeness (QED) is 0.392. The Morgan fingerprint density at radius 3 is 2.04 bits per heavy atom. The van der Waals surface area contributed by atoms with E-state index < -0.39 is 5.97 Å². The lowest BCUT2D eigenvalue weighted by molar-refractivity contribution is -0.128. The van der Waals surface area contributed by atoms with Crippen LogP contribution >= 0.6 is 0 Å². The highest BCUT2D eigenvalue weighted by atomic mass is 16.5. The molecule has 0 heterocycles. The normalized spacial score (nSPS) is 30.5. The number of rotatable bonds is 4. The molecule has 0 N–H and O–H groups in total. The monoisotopic (exact) mass is 326 g/mol. The Labute approximate surface area is 146 Å². The minimum atomic E-state index is -0.398. The first-order chi connectivity index (χ1) is 11.7. The van der Waals surface area contributed by atoms with Gasteiger partial charge >= 0.3 is 5.97 Å². The highest BCUT2D eigenvalue weighted by Crippen LogP contribution is 2.43. The maximum absolute atomic E-state index is 11.2. The third-order valence-corrected chi connectivity index (χ3v) is 6.24. The standard InChI is InChI=1S/C22H30O2/c1-3-22(23)24-21-14-12-20(13-15-21)19-10-8-18(9-11-19)17-6-4-16(2)5-7-17/h3,12-19H,1,4-11H2,2H3. The third-order valence-electron chi connectivity index (χ3n) is 6.24. The van der Waals surface area contributed by atoms with Crippen molar-refractivity contribution in [2.75, 3.05) is 0 Å². The van der Waals surface area contributed by atoms with Crippen molar-refractivity contribution >= 4 is 5.97 Å². The fourth-order valence-corrected chi connectivity index (χ4v) is 4.65. The zero-order chi connectivity index (χ0) is 16.9.